The number of pyridine rings is 1. The number of nitrogen functional groups attached to an aromatic ring is 1. The number of hydrogen-bond donors (Lipinski definition) is 5. The quantitative estimate of drug-likeness (QED) is 0.165. The van der Waals surface area contributed by atoms with Crippen molar-refractivity contribution in [3.8, 4) is 11.5 Å². The minimum Gasteiger partial charge on any atom is -0.506 e. The summed E-state index contributed by atoms with van der Waals surface area (Å²) in [4.78, 5) is 28.9. The second-order valence-electron chi connectivity index (χ2n) is 8.78. The summed E-state index contributed by atoms with van der Waals surface area (Å²) in [7, 11) is 0. The zero-order valence-corrected chi connectivity index (χ0v) is 19.9. The minimum absolute atomic E-state index is 0.0427. The van der Waals surface area contributed by atoms with Crippen LogP contribution in [0.5, 0.6) is 11.5 Å². The highest BCUT2D eigenvalue weighted by Crippen LogP contribution is 2.22. The number of nitrogens with zero attached hydrogens (tertiary/aromatic N) is 1. The topological polar surface area (TPSA) is 147 Å². The van der Waals surface area contributed by atoms with Gasteiger partial charge >= 0.3 is 5.97 Å². The van der Waals surface area contributed by atoms with Crippen LogP contribution in [0.2, 0.25) is 0 Å². The van der Waals surface area contributed by atoms with Crippen LogP contribution in [0, 0.1) is 0 Å². The molecule has 188 valence electrons. The Hall–Kier alpha value is -4.27. The van der Waals surface area contributed by atoms with Crippen molar-refractivity contribution in [2.75, 3.05) is 24.2 Å². The van der Waals surface area contributed by atoms with Crippen molar-refractivity contribution in [3.05, 3.63) is 77.0 Å². The maximum atomic E-state index is 12.4. The molecule has 9 heteroatoms. The van der Waals surface area contributed by atoms with Crippen LogP contribution in [0.3, 0.4) is 0 Å². The molecule has 0 unspecified atom stereocenters. The number of aromatic hydroxyl groups is 1. The first-order chi connectivity index (χ1) is 17.4. The van der Waals surface area contributed by atoms with Gasteiger partial charge in [-0.2, -0.15) is 0 Å². The second-order valence-corrected chi connectivity index (χ2v) is 8.78. The summed E-state index contributed by atoms with van der Waals surface area (Å²) in [5.74, 6) is -0.191. The normalized spacial score (nSPS) is 13.2. The van der Waals surface area contributed by atoms with E-state index in [0.29, 0.717) is 12.4 Å². The molecule has 9 nitrogen and oxygen atoms in total. The summed E-state index contributed by atoms with van der Waals surface area (Å²) in [6.07, 6.45) is 3.96. The number of carboxylic acid groups (broad SMARTS) is 1. The van der Waals surface area contributed by atoms with Gasteiger partial charge in [0.05, 0.1) is 12.3 Å². The first kappa shape index (κ1) is 24.8. The molecule has 2 heterocycles. The van der Waals surface area contributed by atoms with E-state index in [4.69, 9.17) is 15.5 Å². The first-order valence-electron chi connectivity index (χ1n) is 12.0. The molecule has 0 bridgehead atoms. The average Bonchev–Trinajstić information content (AvgIpc) is 2.88. The number of nitrogens with one attached hydrogen (secondary N) is 2. The third-order valence-corrected chi connectivity index (χ3v) is 6.05. The lowest BCUT2D eigenvalue weighted by Gasteiger charge is -2.17. The molecule has 1 aromatic heterocycles. The Morgan fingerprint density at radius 2 is 1.94 bits per heavy atom. The predicted octanol–water partition coefficient (Wildman–Crippen LogP) is 3.16. The largest absolute Gasteiger partial charge is 0.506 e. The number of carbonyl (C=O) groups excluding carboxylic acids is 1. The van der Waals surface area contributed by atoms with Crippen LogP contribution in [-0.2, 0) is 24.1 Å². The Kier molecular flexibility index (Phi) is 7.89. The van der Waals surface area contributed by atoms with Crippen molar-refractivity contribution in [2.24, 2.45) is 0 Å². The van der Waals surface area contributed by atoms with E-state index < -0.39 is 17.9 Å². The Morgan fingerprint density at radius 1 is 1.14 bits per heavy atom. The van der Waals surface area contributed by atoms with Crippen molar-refractivity contribution in [3.63, 3.8) is 0 Å². The molecule has 1 amide bonds. The highest BCUT2D eigenvalue weighted by Gasteiger charge is 2.21. The fourth-order valence-corrected chi connectivity index (χ4v) is 4.05. The predicted molar refractivity (Wildman–Crippen MR) is 136 cm³/mol. The van der Waals surface area contributed by atoms with Gasteiger partial charge in [-0.1, -0.05) is 18.2 Å². The standard InChI is InChI=1S/C27H30N4O5/c28-22-16-19(8-12-24(22)32)26(33)31-23(27(34)35)15-17-5-10-21(11-6-17)36-14-2-4-20-9-7-18-3-1-13-29-25(18)30-20/h5-12,16,23,32H,1-4,13-15,28H2,(H,29,30)(H,31,33)(H,34,35)/t23-/m1/s1. The first-order valence-corrected chi connectivity index (χ1v) is 12.0. The van der Waals surface area contributed by atoms with Gasteiger partial charge in [0, 0.05) is 24.2 Å². The number of ether oxygens (including phenoxy) is 1. The number of aryl methyl sites for hydroxylation is 2. The monoisotopic (exact) mass is 490 g/mol. The summed E-state index contributed by atoms with van der Waals surface area (Å²) in [5, 5.41) is 24.9. The third-order valence-electron chi connectivity index (χ3n) is 6.05. The van der Waals surface area contributed by atoms with Crippen molar-refractivity contribution >= 4 is 23.4 Å². The number of phenolic OH excluding ortho intramolecular Hbond substituents is 1. The van der Waals surface area contributed by atoms with Gasteiger partial charge in [-0.05, 0) is 73.2 Å². The number of rotatable bonds is 10. The summed E-state index contributed by atoms with van der Waals surface area (Å²) in [6, 6.07) is 14.2. The molecular formula is C27H30N4O5. The third kappa shape index (κ3) is 6.44. The van der Waals surface area contributed by atoms with E-state index in [1.165, 1.54) is 23.8 Å². The summed E-state index contributed by atoms with van der Waals surface area (Å²) in [6.45, 7) is 1.50. The summed E-state index contributed by atoms with van der Waals surface area (Å²) in [5.41, 5.74) is 8.89. The van der Waals surface area contributed by atoms with Crippen LogP contribution in [0.1, 0.15) is 40.0 Å². The van der Waals surface area contributed by atoms with Crippen LogP contribution >= 0.6 is 0 Å². The Morgan fingerprint density at radius 3 is 2.69 bits per heavy atom. The number of amides is 1. The van der Waals surface area contributed by atoms with Gasteiger partial charge in [0.1, 0.15) is 23.4 Å². The molecule has 6 N–H and O–H groups in total. The number of hydrogen-bond acceptors (Lipinski definition) is 7. The van der Waals surface area contributed by atoms with E-state index in [1.54, 1.807) is 24.3 Å². The number of aromatic nitrogens is 1. The Balaban J connectivity index is 1.26. The lowest BCUT2D eigenvalue weighted by Crippen LogP contribution is -2.42. The summed E-state index contributed by atoms with van der Waals surface area (Å²) < 4.78 is 5.83. The molecule has 4 rings (SSSR count). The van der Waals surface area contributed by atoms with Crippen LogP contribution in [0.25, 0.3) is 0 Å². The average molecular weight is 491 g/mol. The number of benzene rings is 2. The van der Waals surface area contributed by atoms with Crippen molar-refractivity contribution in [2.45, 2.75) is 38.1 Å². The Bertz CT molecular complexity index is 1230. The number of phenols is 1. The van der Waals surface area contributed by atoms with E-state index in [0.717, 1.165) is 49.3 Å². The molecule has 2 aromatic carbocycles. The lowest BCUT2D eigenvalue weighted by atomic mass is 10.0. The SMILES string of the molecule is Nc1cc(C(=O)N[C@H](Cc2ccc(OCCCc3ccc4c(n3)NCCC4)cc2)C(=O)O)ccc1O. The van der Waals surface area contributed by atoms with Crippen LogP contribution in [-0.4, -0.2) is 46.3 Å². The molecule has 0 saturated carbocycles. The van der Waals surface area contributed by atoms with Gasteiger partial charge in [-0.25, -0.2) is 9.78 Å². The van der Waals surface area contributed by atoms with Gasteiger partial charge in [0.25, 0.3) is 5.91 Å². The molecule has 0 spiro atoms. The van der Waals surface area contributed by atoms with Crippen LogP contribution in [0.15, 0.2) is 54.6 Å². The minimum atomic E-state index is -1.15. The molecule has 1 atom stereocenters. The highest BCUT2D eigenvalue weighted by molar-refractivity contribution is 5.97. The fourth-order valence-electron chi connectivity index (χ4n) is 4.05. The van der Waals surface area contributed by atoms with Gasteiger partial charge in [0.2, 0.25) is 0 Å². The van der Waals surface area contributed by atoms with Crippen LogP contribution in [0.4, 0.5) is 11.5 Å². The maximum absolute atomic E-state index is 12.4. The van der Waals surface area contributed by atoms with E-state index in [-0.39, 0.29) is 23.4 Å². The number of fused-ring (bicyclic) bond motifs is 1. The van der Waals surface area contributed by atoms with Crippen molar-refractivity contribution in [1.82, 2.24) is 10.3 Å². The molecule has 1 aliphatic heterocycles. The number of carbonyl (C=O) groups is 2. The zero-order chi connectivity index (χ0) is 25.5. The van der Waals surface area contributed by atoms with Gasteiger partial charge in [0.15, 0.2) is 0 Å². The van der Waals surface area contributed by atoms with Crippen molar-refractivity contribution < 1.29 is 24.5 Å². The number of anilines is 2. The molecular weight excluding hydrogens is 460 g/mol. The van der Waals surface area contributed by atoms with Gasteiger partial charge in [-0.15, -0.1) is 0 Å². The molecule has 0 aliphatic carbocycles. The van der Waals surface area contributed by atoms with Crippen molar-refractivity contribution in [1.29, 1.82) is 0 Å². The van der Waals surface area contributed by atoms with Gasteiger partial charge < -0.3 is 31.3 Å². The summed E-state index contributed by atoms with van der Waals surface area (Å²) >= 11 is 0. The Labute approximate surface area is 209 Å². The number of aliphatic carboxylic acids is 1. The molecule has 0 fully saturated rings. The van der Waals surface area contributed by atoms with E-state index in [2.05, 4.69) is 22.8 Å². The highest BCUT2D eigenvalue weighted by atomic mass is 16.5. The molecule has 36 heavy (non-hydrogen) atoms. The maximum Gasteiger partial charge on any atom is 0.326 e. The van der Waals surface area contributed by atoms with E-state index in [1.807, 2.05) is 0 Å². The smallest absolute Gasteiger partial charge is 0.326 e. The second kappa shape index (κ2) is 11.4. The van der Waals surface area contributed by atoms with Crippen LogP contribution < -0.4 is 21.1 Å². The fraction of sp³-hybridized carbons (Fsp3) is 0.296. The van der Waals surface area contributed by atoms with Gasteiger partial charge in [-0.3, -0.25) is 4.79 Å². The number of nitrogens with two attached hydrogens (primary N) is 1. The number of carboxylic acids is 1. The zero-order valence-electron chi connectivity index (χ0n) is 19.9. The lowest BCUT2D eigenvalue weighted by molar-refractivity contribution is -0.139. The molecule has 0 saturated heterocycles. The molecule has 1 aliphatic rings. The molecule has 0 radical (unpaired) electrons. The van der Waals surface area contributed by atoms with E-state index in [9.17, 15) is 19.8 Å². The molecule has 3 aromatic rings. The van der Waals surface area contributed by atoms with E-state index >= 15 is 0 Å².